The molecule has 0 aliphatic heterocycles. The fourth-order valence-electron chi connectivity index (χ4n) is 2.09. The molecule has 3 heteroatoms. The van der Waals surface area contributed by atoms with Crippen molar-refractivity contribution in [2.45, 2.75) is 39.0 Å². The van der Waals surface area contributed by atoms with Crippen molar-refractivity contribution in [1.29, 1.82) is 0 Å². The average molecular weight is 277 g/mol. The first-order chi connectivity index (χ1) is 9.67. The van der Waals surface area contributed by atoms with Gasteiger partial charge in [-0.1, -0.05) is 43.3 Å². The maximum absolute atomic E-state index is 10.1. The summed E-state index contributed by atoms with van der Waals surface area (Å²) in [6, 6.07) is 10.8. The van der Waals surface area contributed by atoms with Crippen LogP contribution in [0.25, 0.3) is 0 Å². The monoisotopic (exact) mass is 277 g/mol. The van der Waals surface area contributed by atoms with Crippen LogP contribution in [0.15, 0.2) is 43.0 Å². The van der Waals surface area contributed by atoms with Crippen molar-refractivity contribution in [3.63, 3.8) is 0 Å². The summed E-state index contributed by atoms with van der Waals surface area (Å²) in [4.78, 5) is 2.30. The number of benzene rings is 1. The molecule has 0 fully saturated rings. The number of hydrogen-bond donors (Lipinski definition) is 1. The Morgan fingerprint density at radius 3 is 2.65 bits per heavy atom. The van der Waals surface area contributed by atoms with Crippen LogP contribution in [0.4, 0.5) is 0 Å². The van der Waals surface area contributed by atoms with E-state index in [0.717, 1.165) is 13.0 Å². The molecule has 1 aromatic carbocycles. The molecular weight excluding hydrogens is 250 g/mol. The Hall–Kier alpha value is -1.16. The molecule has 0 bridgehead atoms. The standard InChI is InChI=1S/C17H27NO2/c1-4-11-20-14-17(19)13-18(15(3)5-2)12-16-9-7-6-8-10-16/h4,6-10,15,17,19H,1,5,11-14H2,2-3H3. The Morgan fingerprint density at radius 1 is 1.35 bits per heavy atom. The van der Waals surface area contributed by atoms with E-state index in [1.807, 2.05) is 18.2 Å². The fraction of sp³-hybridized carbons (Fsp3) is 0.529. The minimum Gasteiger partial charge on any atom is -0.389 e. The van der Waals surface area contributed by atoms with Gasteiger partial charge in [0.25, 0.3) is 0 Å². The lowest BCUT2D eigenvalue weighted by molar-refractivity contribution is 0.0157. The highest BCUT2D eigenvalue weighted by molar-refractivity contribution is 5.14. The van der Waals surface area contributed by atoms with Crippen LogP contribution >= 0.6 is 0 Å². The van der Waals surface area contributed by atoms with Gasteiger partial charge in [0.1, 0.15) is 0 Å². The summed E-state index contributed by atoms with van der Waals surface area (Å²) in [7, 11) is 0. The van der Waals surface area contributed by atoms with Crippen LogP contribution < -0.4 is 0 Å². The van der Waals surface area contributed by atoms with Crippen LogP contribution in [0.5, 0.6) is 0 Å². The number of nitrogens with zero attached hydrogens (tertiary/aromatic N) is 1. The summed E-state index contributed by atoms with van der Waals surface area (Å²) >= 11 is 0. The van der Waals surface area contributed by atoms with Crippen molar-refractivity contribution in [3.05, 3.63) is 48.6 Å². The molecule has 0 aliphatic rings. The summed E-state index contributed by atoms with van der Waals surface area (Å²) < 4.78 is 5.31. The van der Waals surface area contributed by atoms with E-state index in [2.05, 4.69) is 37.5 Å². The Balaban J connectivity index is 2.53. The molecule has 112 valence electrons. The molecule has 0 aliphatic carbocycles. The van der Waals surface area contributed by atoms with Crippen molar-refractivity contribution in [1.82, 2.24) is 4.90 Å². The van der Waals surface area contributed by atoms with Gasteiger partial charge in [-0.25, -0.2) is 0 Å². The topological polar surface area (TPSA) is 32.7 Å². The van der Waals surface area contributed by atoms with Crippen LogP contribution in [0.2, 0.25) is 0 Å². The molecule has 3 nitrogen and oxygen atoms in total. The lowest BCUT2D eigenvalue weighted by Gasteiger charge is -2.30. The van der Waals surface area contributed by atoms with Gasteiger partial charge in [0.15, 0.2) is 0 Å². The highest BCUT2D eigenvalue weighted by atomic mass is 16.5. The first kappa shape index (κ1) is 16.9. The number of rotatable bonds is 10. The molecule has 1 aromatic rings. The zero-order valence-electron chi connectivity index (χ0n) is 12.7. The highest BCUT2D eigenvalue weighted by Gasteiger charge is 2.17. The van der Waals surface area contributed by atoms with E-state index in [0.29, 0.717) is 25.8 Å². The molecule has 2 unspecified atom stereocenters. The van der Waals surface area contributed by atoms with Gasteiger partial charge in [0.05, 0.1) is 19.3 Å². The van der Waals surface area contributed by atoms with Gasteiger partial charge >= 0.3 is 0 Å². The zero-order valence-corrected chi connectivity index (χ0v) is 12.7. The van der Waals surface area contributed by atoms with Crippen molar-refractivity contribution >= 4 is 0 Å². The van der Waals surface area contributed by atoms with Crippen molar-refractivity contribution < 1.29 is 9.84 Å². The molecule has 0 amide bonds. The van der Waals surface area contributed by atoms with Gasteiger partial charge in [-0.2, -0.15) is 0 Å². The van der Waals surface area contributed by atoms with Gasteiger partial charge in [-0.15, -0.1) is 6.58 Å². The molecule has 0 aromatic heterocycles. The fourth-order valence-corrected chi connectivity index (χ4v) is 2.09. The number of ether oxygens (including phenoxy) is 1. The van der Waals surface area contributed by atoms with Crippen LogP contribution in [-0.4, -0.2) is 41.9 Å². The third kappa shape index (κ3) is 6.33. The highest BCUT2D eigenvalue weighted by Crippen LogP contribution is 2.11. The summed E-state index contributed by atoms with van der Waals surface area (Å²) in [5.74, 6) is 0. The van der Waals surface area contributed by atoms with E-state index in [1.165, 1.54) is 5.56 Å². The molecule has 2 atom stereocenters. The van der Waals surface area contributed by atoms with Crippen molar-refractivity contribution in [2.24, 2.45) is 0 Å². The quantitative estimate of drug-likeness (QED) is 0.527. The van der Waals surface area contributed by atoms with E-state index in [4.69, 9.17) is 4.74 Å². The molecule has 1 N–H and O–H groups in total. The molecule has 20 heavy (non-hydrogen) atoms. The maximum Gasteiger partial charge on any atom is 0.0900 e. The second-order valence-electron chi connectivity index (χ2n) is 5.15. The molecule has 0 radical (unpaired) electrons. The Kier molecular flexibility index (Phi) is 8.19. The number of hydrogen-bond acceptors (Lipinski definition) is 3. The summed E-state index contributed by atoms with van der Waals surface area (Å²) in [5.41, 5.74) is 1.27. The molecule has 0 saturated carbocycles. The predicted octanol–water partition coefficient (Wildman–Crippen LogP) is 2.85. The van der Waals surface area contributed by atoms with Gasteiger partial charge in [-0.05, 0) is 18.9 Å². The van der Waals surface area contributed by atoms with E-state index in [9.17, 15) is 5.11 Å². The van der Waals surface area contributed by atoms with Gasteiger partial charge in [0, 0.05) is 19.1 Å². The van der Waals surface area contributed by atoms with Crippen molar-refractivity contribution in [2.75, 3.05) is 19.8 Å². The lowest BCUT2D eigenvalue weighted by atomic mass is 10.1. The third-order valence-electron chi connectivity index (χ3n) is 3.43. The van der Waals surface area contributed by atoms with E-state index in [-0.39, 0.29) is 0 Å². The molecule has 0 saturated heterocycles. The minimum atomic E-state index is -0.465. The normalized spacial score (nSPS) is 14.2. The van der Waals surface area contributed by atoms with Crippen LogP contribution in [0.1, 0.15) is 25.8 Å². The third-order valence-corrected chi connectivity index (χ3v) is 3.43. The lowest BCUT2D eigenvalue weighted by Crippen LogP contribution is -2.39. The van der Waals surface area contributed by atoms with Gasteiger partial charge in [-0.3, -0.25) is 4.90 Å². The first-order valence-corrected chi connectivity index (χ1v) is 7.32. The zero-order chi connectivity index (χ0) is 14.8. The van der Waals surface area contributed by atoms with Gasteiger partial charge < -0.3 is 9.84 Å². The Bertz CT molecular complexity index is 367. The number of aliphatic hydroxyl groups excluding tert-OH is 1. The van der Waals surface area contributed by atoms with Crippen LogP contribution in [0, 0.1) is 0 Å². The van der Waals surface area contributed by atoms with E-state index < -0.39 is 6.10 Å². The second kappa shape index (κ2) is 9.70. The van der Waals surface area contributed by atoms with Gasteiger partial charge in [0.2, 0.25) is 0 Å². The molecular formula is C17H27NO2. The minimum absolute atomic E-state index is 0.355. The molecule has 0 heterocycles. The summed E-state index contributed by atoms with van der Waals surface area (Å²) in [5, 5.41) is 10.1. The Morgan fingerprint density at radius 2 is 2.05 bits per heavy atom. The Labute approximate surface area is 122 Å². The summed E-state index contributed by atoms with van der Waals surface area (Å²) in [6.07, 6.45) is 2.29. The SMILES string of the molecule is C=CCOCC(O)CN(Cc1ccccc1)C(C)CC. The first-order valence-electron chi connectivity index (χ1n) is 7.32. The van der Waals surface area contributed by atoms with E-state index >= 15 is 0 Å². The van der Waals surface area contributed by atoms with Crippen LogP contribution in [-0.2, 0) is 11.3 Å². The second-order valence-corrected chi connectivity index (χ2v) is 5.15. The number of aliphatic hydroxyl groups is 1. The molecule has 0 spiro atoms. The van der Waals surface area contributed by atoms with Crippen molar-refractivity contribution in [3.8, 4) is 0 Å². The molecule has 1 rings (SSSR count). The summed E-state index contributed by atoms with van der Waals surface area (Å²) in [6.45, 7) is 10.3. The maximum atomic E-state index is 10.1. The predicted molar refractivity (Wildman–Crippen MR) is 83.6 cm³/mol. The largest absolute Gasteiger partial charge is 0.389 e. The average Bonchev–Trinajstić information content (AvgIpc) is 2.47. The smallest absolute Gasteiger partial charge is 0.0900 e. The van der Waals surface area contributed by atoms with Crippen LogP contribution in [0.3, 0.4) is 0 Å². The van der Waals surface area contributed by atoms with E-state index in [1.54, 1.807) is 6.08 Å².